The highest BCUT2D eigenvalue weighted by Gasteiger charge is 2.15. The van der Waals surface area contributed by atoms with Crippen molar-refractivity contribution in [2.45, 2.75) is 39.0 Å². The van der Waals surface area contributed by atoms with Crippen molar-refractivity contribution in [3.63, 3.8) is 0 Å². The van der Waals surface area contributed by atoms with Crippen LogP contribution >= 0.6 is 15.9 Å². The number of alkyl halides is 1. The van der Waals surface area contributed by atoms with E-state index in [4.69, 9.17) is 4.42 Å². The van der Waals surface area contributed by atoms with Gasteiger partial charge in [0.25, 0.3) is 0 Å². The Bertz CT molecular complexity index is 691. The average molecular weight is 355 g/mol. The van der Waals surface area contributed by atoms with Crippen molar-refractivity contribution in [2.24, 2.45) is 0 Å². The molecule has 21 heavy (non-hydrogen) atoms. The number of aromatic hydroxyl groups is 2. The molecular formula is C16H19BrO4. The lowest BCUT2D eigenvalue weighted by Gasteiger charge is -2.09. The van der Waals surface area contributed by atoms with Gasteiger partial charge >= 0.3 is 5.63 Å². The molecule has 0 amide bonds. The van der Waals surface area contributed by atoms with E-state index in [0.29, 0.717) is 17.4 Å². The molecule has 0 saturated heterocycles. The fraction of sp³-hybridized carbons (Fsp3) is 0.438. The van der Waals surface area contributed by atoms with Crippen molar-refractivity contribution in [2.75, 3.05) is 5.33 Å². The summed E-state index contributed by atoms with van der Waals surface area (Å²) in [5.41, 5.74) is 1.10. The molecule has 0 spiro atoms. The molecule has 0 saturated carbocycles. The predicted octanol–water partition coefficient (Wildman–Crippen LogP) is 4.01. The Labute approximate surface area is 131 Å². The second-order valence-corrected chi connectivity index (χ2v) is 5.95. The molecule has 2 rings (SSSR count). The lowest BCUT2D eigenvalue weighted by Crippen LogP contribution is -2.10. The number of unbranched alkanes of at least 4 members (excludes halogenated alkanes) is 3. The summed E-state index contributed by atoms with van der Waals surface area (Å²) in [4.78, 5) is 12.1. The van der Waals surface area contributed by atoms with Crippen LogP contribution in [-0.4, -0.2) is 15.5 Å². The predicted molar refractivity (Wildman–Crippen MR) is 86.5 cm³/mol. The molecule has 2 N–H and O–H groups in total. The third-order valence-corrected chi connectivity index (χ3v) is 4.28. The Morgan fingerprint density at radius 3 is 2.57 bits per heavy atom. The van der Waals surface area contributed by atoms with Crippen molar-refractivity contribution >= 4 is 26.9 Å². The molecule has 0 unspecified atom stereocenters. The van der Waals surface area contributed by atoms with Crippen LogP contribution in [-0.2, 0) is 6.42 Å². The van der Waals surface area contributed by atoms with Gasteiger partial charge in [0, 0.05) is 16.3 Å². The van der Waals surface area contributed by atoms with Crippen LogP contribution in [0.4, 0.5) is 0 Å². The van der Waals surface area contributed by atoms with Crippen molar-refractivity contribution < 1.29 is 14.6 Å². The maximum Gasteiger partial charge on any atom is 0.339 e. The van der Waals surface area contributed by atoms with E-state index in [0.717, 1.165) is 36.6 Å². The molecule has 1 heterocycles. The van der Waals surface area contributed by atoms with Gasteiger partial charge in [-0.25, -0.2) is 4.79 Å². The number of benzene rings is 1. The Hall–Kier alpha value is -1.49. The number of hydrogen-bond acceptors (Lipinski definition) is 4. The van der Waals surface area contributed by atoms with Gasteiger partial charge in [-0.1, -0.05) is 28.8 Å². The molecule has 0 aliphatic heterocycles. The third-order valence-electron chi connectivity index (χ3n) is 3.72. The first-order chi connectivity index (χ1) is 10.1. The lowest BCUT2D eigenvalue weighted by molar-refractivity contribution is 0.397. The normalized spacial score (nSPS) is 11.1. The Balaban J connectivity index is 2.29. The monoisotopic (exact) mass is 354 g/mol. The number of halogens is 1. The van der Waals surface area contributed by atoms with Gasteiger partial charge in [-0.05, 0) is 43.9 Å². The average Bonchev–Trinajstić information content (AvgIpc) is 2.46. The zero-order valence-electron chi connectivity index (χ0n) is 12.0. The summed E-state index contributed by atoms with van der Waals surface area (Å²) in [6, 6.07) is 3.07. The van der Waals surface area contributed by atoms with Crippen LogP contribution in [0.1, 0.15) is 36.8 Å². The molecule has 0 fully saturated rings. The van der Waals surface area contributed by atoms with E-state index in [2.05, 4.69) is 15.9 Å². The molecule has 0 atom stereocenters. The second-order valence-electron chi connectivity index (χ2n) is 5.16. The standard InChI is InChI=1S/C16H19BrO4/c1-10-11-7-8-13(18)14(19)15(11)21-16(20)12(10)6-4-2-3-5-9-17/h7-8,18-19H,2-6,9H2,1H3. The SMILES string of the molecule is Cc1c(CCCCCCBr)c(=O)oc2c(O)c(O)ccc12. The molecule has 0 aliphatic carbocycles. The molecule has 0 aliphatic rings. The second kappa shape index (κ2) is 6.98. The van der Waals surface area contributed by atoms with Crippen LogP contribution in [0, 0.1) is 6.92 Å². The Morgan fingerprint density at radius 2 is 1.86 bits per heavy atom. The van der Waals surface area contributed by atoms with Gasteiger partial charge in [-0.15, -0.1) is 0 Å². The number of phenols is 2. The van der Waals surface area contributed by atoms with Crippen LogP contribution in [0.5, 0.6) is 11.5 Å². The van der Waals surface area contributed by atoms with Crippen LogP contribution < -0.4 is 5.63 Å². The zero-order chi connectivity index (χ0) is 15.4. The fourth-order valence-electron chi connectivity index (χ4n) is 2.47. The molecular weight excluding hydrogens is 336 g/mol. The minimum absolute atomic E-state index is 0.0561. The van der Waals surface area contributed by atoms with E-state index in [9.17, 15) is 15.0 Å². The van der Waals surface area contributed by atoms with Gasteiger partial charge < -0.3 is 14.6 Å². The molecule has 4 nitrogen and oxygen atoms in total. The maximum absolute atomic E-state index is 12.1. The zero-order valence-corrected chi connectivity index (χ0v) is 13.6. The van der Waals surface area contributed by atoms with Gasteiger partial charge in [0.05, 0.1) is 0 Å². The van der Waals surface area contributed by atoms with Gasteiger partial charge in [0.15, 0.2) is 11.3 Å². The molecule has 114 valence electrons. The Morgan fingerprint density at radius 1 is 1.14 bits per heavy atom. The summed E-state index contributed by atoms with van der Waals surface area (Å²) >= 11 is 3.40. The maximum atomic E-state index is 12.1. The molecule has 1 aromatic heterocycles. The summed E-state index contributed by atoms with van der Waals surface area (Å²) in [5, 5.41) is 20.9. The van der Waals surface area contributed by atoms with E-state index in [-0.39, 0.29) is 17.1 Å². The molecule has 0 bridgehead atoms. The summed E-state index contributed by atoms with van der Waals surface area (Å²) < 4.78 is 5.19. The first-order valence-electron chi connectivity index (χ1n) is 7.09. The van der Waals surface area contributed by atoms with E-state index < -0.39 is 5.63 Å². The number of hydrogen-bond donors (Lipinski definition) is 2. The van der Waals surface area contributed by atoms with Crippen LogP contribution in [0.3, 0.4) is 0 Å². The molecule has 2 aromatic rings. The highest BCUT2D eigenvalue weighted by Crippen LogP contribution is 2.34. The minimum Gasteiger partial charge on any atom is -0.504 e. The summed E-state index contributed by atoms with van der Waals surface area (Å²) in [5.74, 6) is -0.663. The summed E-state index contributed by atoms with van der Waals surface area (Å²) in [6.45, 7) is 1.85. The van der Waals surface area contributed by atoms with E-state index >= 15 is 0 Å². The number of phenolic OH excluding ortho intramolecular Hbond substituents is 2. The number of aryl methyl sites for hydroxylation is 1. The minimum atomic E-state index is -0.429. The van der Waals surface area contributed by atoms with Gasteiger partial charge in [0.1, 0.15) is 0 Å². The number of fused-ring (bicyclic) bond motifs is 1. The highest BCUT2D eigenvalue weighted by atomic mass is 79.9. The first kappa shape index (κ1) is 15.9. The highest BCUT2D eigenvalue weighted by molar-refractivity contribution is 9.09. The summed E-state index contributed by atoms with van der Waals surface area (Å²) in [7, 11) is 0. The van der Waals surface area contributed by atoms with Gasteiger partial charge in [-0.2, -0.15) is 0 Å². The quantitative estimate of drug-likeness (QED) is 0.356. The first-order valence-corrected chi connectivity index (χ1v) is 8.21. The van der Waals surface area contributed by atoms with Crippen LogP contribution in [0.15, 0.2) is 21.3 Å². The van der Waals surface area contributed by atoms with Gasteiger partial charge in [-0.3, -0.25) is 0 Å². The van der Waals surface area contributed by atoms with Crippen molar-refractivity contribution in [3.05, 3.63) is 33.7 Å². The fourth-order valence-corrected chi connectivity index (χ4v) is 2.87. The molecule has 1 aromatic carbocycles. The van der Waals surface area contributed by atoms with Crippen LogP contribution in [0.2, 0.25) is 0 Å². The van der Waals surface area contributed by atoms with Crippen molar-refractivity contribution in [1.29, 1.82) is 0 Å². The van der Waals surface area contributed by atoms with E-state index in [1.165, 1.54) is 6.07 Å². The van der Waals surface area contributed by atoms with Crippen LogP contribution in [0.25, 0.3) is 11.0 Å². The number of rotatable bonds is 6. The van der Waals surface area contributed by atoms with E-state index in [1.54, 1.807) is 6.07 Å². The lowest BCUT2D eigenvalue weighted by atomic mass is 10.0. The summed E-state index contributed by atoms with van der Waals surface area (Å²) in [6.07, 6.45) is 4.96. The smallest absolute Gasteiger partial charge is 0.339 e. The van der Waals surface area contributed by atoms with Gasteiger partial charge in [0.2, 0.25) is 5.75 Å². The largest absolute Gasteiger partial charge is 0.504 e. The Kier molecular flexibility index (Phi) is 5.28. The van der Waals surface area contributed by atoms with Crippen molar-refractivity contribution in [3.8, 4) is 11.5 Å². The topological polar surface area (TPSA) is 70.7 Å². The molecule has 5 heteroatoms. The van der Waals surface area contributed by atoms with E-state index in [1.807, 2.05) is 6.92 Å². The molecule has 0 radical (unpaired) electrons. The third kappa shape index (κ3) is 3.40. The van der Waals surface area contributed by atoms with Crippen molar-refractivity contribution in [1.82, 2.24) is 0 Å².